The van der Waals surface area contributed by atoms with E-state index in [1.807, 2.05) is 14.1 Å². The van der Waals surface area contributed by atoms with E-state index in [9.17, 15) is 4.79 Å². The third kappa shape index (κ3) is 4.22. The average Bonchev–Trinajstić information content (AvgIpc) is 2.24. The zero-order valence-electron chi connectivity index (χ0n) is 9.47. The Hall–Kier alpha value is -1.69. The molecule has 0 atom stereocenters. The van der Waals surface area contributed by atoms with Crippen LogP contribution in [0.2, 0.25) is 0 Å². The van der Waals surface area contributed by atoms with Gasteiger partial charge in [0, 0.05) is 12.7 Å². The van der Waals surface area contributed by atoms with Crippen molar-refractivity contribution >= 4 is 11.9 Å². The second-order valence-corrected chi connectivity index (χ2v) is 3.65. The van der Waals surface area contributed by atoms with Gasteiger partial charge in [0.15, 0.2) is 5.69 Å². The summed E-state index contributed by atoms with van der Waals surface area (Å²) in [6, 6.07) is 1.37. The minimum Gasteiger partial charge on any atom is -0.477 e. The summed E-state index contributed by atoms with van der Waals surface area (Å²) < 4.78 is 0. The molecule has 88 valence electrons. The fraction of sp³-hybridized carbons (Fsp3) is 0.500. The van der Waals surface area contributed by atoms with Gasteiger partial charge >= 0.3 is 5.97 Å². The van der Waals surface area contributed by atoms with E-state index in [0.29, 0.717) is 5.95 Å². The number of carboxylic acids is 1. The Labute approximate surface area is 94.3 Å². The molecule has 0 bridgehead atoms. The van der Waals surface area contributed by atoms with Gasteiger partial charge in [-0.05, 0) is 33.1 Å². The standard InChI is InChI=1S/C10H16N4O2/c1-14(2)7-3-5-11-10-12-6-4-8(13-10)9(15)16/h4,6H,3,5,7H2,1-2H3,(H,15,16)(H,11,12,13). The number of carbonyl (C=O) groups is 1. The van der Waals surface area contributed by atoms with Crippen LogP contribution in [0.3, 0.4) is 0 Å². The highest BCUT2D eigenvalue weighted by Gasteiger charge is 2.05. The molecule has 1 aromatic heterocycles. The van der Waals surface area contributed by atoms with E-state index in [0.717, 1.165) is 19.5 Å². The predicted molar refractivity (Wildman–Crippen MR) is 60.7 cm³/mol. The summed E-state index contributed by atoms with van der Waals surface area (Å²) in [5.41, 5.74) is 0.00473. The van der Waals surface area contributed by atoms with Gasteiger partial charge in [-0.3, -0.25) is 0 Å². The van der Waals surface area contributed by atoms with Crippen molar-refractivity contribution in [3.05, 3.63) is 18.0 Å². The molecule has 0 aromatic carbocycles. The van der Waals surface area contributed by atoms with Gasteiger partial charge in [0.2, 0.25) is 5.95 Å². The summed E-state index contributed by atoms with van der Waals surface area (Å²) in [7, 11) is 4.00. The number of hydrogen-bond donors (Lipinski definition) is 2. The van der Waals surface area contributed by atoms with Crippen molar-refractivity contribution in [3.63, 3.8) is 0 Å². The number of carboxylic acid groups (broad SMARTS) is 1. The van der Waals surface area contributed by atoms with Gasteiger partial charge in [-0.25, -0.2) is 14.8 Å². The van der Waals surface area contributed by atoms with Crippen LogP contribution in [0.5, 0.6) is 0 Å². The van der Waals surface area contributed by atoms with E-state index in [4.69, 9.17) is 5.11 Å². The highest BCUT2D eigenvalue weighted by atomic mass is 16.4. The molecule has 0 aliphatic carbocycles. The van der Waals surface area contributed by atoms with Crippen LogP contribution >= 0.6 is 0 Å². The van der Waals surface area contributed by atoms with Gasteiger partial charge in [-0.2, -0.15) is 0 Å². The van der Waals surface area contributed by atoms with E-state index < -0.39 is 5.97 Å². The number of rotatable bonds is 6. The summed E-state index contributed by atoms with van der Waals surface area (Å²) in [5.74, 6) is -0.683. The summed E-state index contributed by atoms with van der Waals surface area (Å²) in [6.07, 6.45) is 2.39. The lowest BCUT2D eigenvalue weighted by Crippen LogP contribution is -2.17. The van der Waals surface area contributed by atoms with E-state index >= 15 is 0 Å². The van der Waals surface area contributed by atoms with Crippen LogP contribution in [0, 0.1) is 0 Å². The quantitative estimate of drug-likeness (QED) is 0.687. The Kier molecular flexibility index (Phi) is 4.65. The number of nitrogens with zero attached hydrogens (tertiary/aromatic N) is 3. The summed E-state index contributed by atoms with van der Waals surface area (Å²) >= 11 is 0. The zero-order chi connectivity index (χ0) is 12.0. The van der Waals surface area contributed by atoms with E-state index in [1.54, 1.807) is 0 Å². The van der Waals surface area contributed by atoms with Gasteiger partial charge in [0.25, 0.3) is 0 Å². The van der Waals surface area contributed by atoms with E-state index in [1.165, 1.54) is 12.3 Å². The fourth-order valence-electron chi connectivity index (χ4n) is 1.16. The highest BCUT2D eigenvalue weighted by molar-refractivity contribution is 5.85. The van der Waals surface area contributed by atoms with Crippen molar-refractivity contribution in [2.45, 2.75) is 6.42 Å². The van der Waals surface area contributed by atoms with Crippen LogP contribution in [0.1, 0.15) is 16.9 Å². The second-order valence-electron chi connectivity index (χ2n) is 3.65. The fourth-order valence-corrected chi connectivity index (χ4v) is 1.16. The first kappa shape index (κ1) is 12.4. The number of hydrogen-bond acceptors (Lipinski definition) is 5. The molecular weight excluding hydrogens is 208 g/mol. The normalized spacial score (nSPS) is 10.4. The summed E-state index contributed by atoms with van der Waals surface area (Å²) in [4.78, 5) is 20.5. The number of aromatic carboxylic acids is 1. The maximum atomic E-state index is 10.6. The van der Waals surface area contributed by atoms with E-state index in [-0.39, 0.29) is 5.69 Å². The van der Waals surface area contributed by atoms with Crippen LogP contribution in [0.25, 0.3) is 0 Å². The van der Waals surface area contributed by atoms with Gasteiger partial charge < -0.3 is 15.3 Å². The Bertz CT molecular complexity index is 354. The van der Waals surface area contributed by atoms with E-state index in [2.05, 4.69) is 20.2 Å². The molecular formula is C10H16N4O2. The Morgan fingerprint density at radius 3 is 2.94 bits per heavy atom. The molecule has 0 saturated heterocycles. The molecule has 0 amide bonds. The first-order valence-electron chi connectivity index (χ1n) is 5.04. The maximum Gasteiger partial charge on any atom is 0.354 e. The molecule has 0 saturated carbocycles. The van der Waals surface area contributed by atoms with Crippen LogP contribution in [0.4, 0.5) is 5.95 Å². The monoisotopic (exact) mass is 224 g/mol. The van der Waals surface area contributed by atoms with Gasteiger partial charge in [0.1, 0.15) is 0 Å². The first-order valence-corrected chi connectivity index (χ1v) is 5.04. The minimum absolute atomic E-state index is 0.00473. The molecule has 6 nitrogen and oxygen atoms in total. The van der Waals surface area contributed by atoms with Crippen molar-refractivity contribution in [2.24, 2.45) is 0 Å². The van der Waals surface area contributed by atoms with Crippen LogP contribution in [-0.4, -0.2) is 53.1 Å². The molecule has 0 spiro atoms. The van der Waals surface area contributed by atoms with Crippen molar-refractivity contribution in [1.82, 2.24) is 14.9 Å². The molecule has 1 heterocycles. The highest BCUT2D eigenvalue weighted by Crippen LogP contribution is 2.00. The second kappa shape index (κ2) is 6.02. The lowest BCUT2D eigenvalue weighted by Gasteiger charge is -2.09. The molecule has 2 N–H and O–H groups in total. The SMILES string of the molecule is CN(C)CCCNc1nccc(C(=O)O)n1. The minimum atomic E-state index is -1.04. The van der Waals surface area contributed by atoms with Crippen molar-refractivity contribution in [3.8, 4) is 0 Å². The van der Waals surface area contributed by atoms with Gasteiger partial charge in [-0.1, -0.05) is 0 Å². The van der Waals surface area contributed by atoms with Crippen LogP contribution in [0.15, 0.2) is 12.3 Å². The lowest BCUT2D eigenvalue weighted by molar-refractivity contribution is 0.0690. The lowest BCUT2D eigenvalue weighted by atomic mass is 10.4. The predicted octanol–water partition coefficient (Wildman–Crippen LogP) is 0.538. The molecule has 6 heteroatoms. The third-order valence-electron chi connectivity index (χ3n) is 1.94. The molecule has 0 unspecified atom stereocenters. The molecule has 0 fully saturated rings. The number of nitrogens with one attached hydrogen (secondary N) is 1. The molecule has 1 aromatic rings. The largest absolute Gasteiger partial charge is 0.477 e. The Morgan fingerprint density at radius 2 is 2.31 bits per heavy atom. The molecule has 0 radical (unpaired) electrons. The van der Waals surface area contributed by atoms with Crippen LogP contribution < -0.4 is 5.32 Å². The third-order valence-corrected chi connectivity index (χ3v) is 1.94. The summed E-state index contributed by atoms with van der Waals surface area (Å²) in [5, 5.41) is 11.7. The Balaban J connectivity index is 2.42. The molecule has 16 heavy (non-hydrogen) atoms. The van der Waals surface area contributed by atoms with Crippen LogP contribution in [-0.2, 0) is 0 Å². The molecule has 0 aliphatic heterocycles. The average molecular weight is 224 g/mol. The van der Waals surface area contributed by atoms with Crippen molar-refractivity contribution in [2.75, 3.05) is 32.5 Å². The van der Waals surface area contributed by atoms with Gasteiger partial charge in [0.05, 0.1) is 0 Å². The topological polar surface area (TPSA) is 78.4 Å². The number of anilines is 1. The zero-order valence-corrected chi connectivity index (χ0v) is 9.47. The molecule has 0 aliphatic rings. The maximum absolute atomic E-state index is 10.6. The number of aromatic nitrogens is 2. The van der Waals surface area contributed by atoms with Crippen molar-refractivity contribution < 1.29 is 9.90 Å². The Morgan fingerprint density at radius 1 is 1.56 bits per heavy atom. The van der Waals surface area contributed by atoms with Gasteiger partial charge in [-0.15, -0.1) is 0 Å². The first-order chi connectivity index (χ1) is 7.59. The molecule has 1 rings (SSSR count). The smallest absolute Gasteiger partial charge is 0.354 e. The van der Waals surface area contributed by atoms with Crippen molar-refractivity contribution in [1.29, 1.82) is 0 Å². The summed E-state index contributed by atoms with van der Waals surface area (Å²) in [6.45, 7) is 1.69.